The van der Waals surface area contributed by atoms with Gasteiger partial charge in [-0.3, -0.25) is 14.4 Å². The van der Waals surface area contributed by atoms with E-state index in [1.807, 2.05) is 0 Å². The van der Waals surface area contributed by atoms with E-state index in [1.54, 1.807) is 24.3 Å². The maximum absolute atomic E-state index is 12.3. The highest BCUT2D eigenvalue weighted by Crippen LogP contribution is 2.29. The van der Waals surface area contributed by atoms with Crippen molar-refractivity contribution in [2.24, 2.45) is 5.73 Å². The Kier molecular flexibility index (Phi) is 7.50. The van der Waals surface area contributed by atoms with E-state index in [-0.39, 0.29) is 49.5 Å². The van der Waals surface area contributed by atoms with E-state index in [9.17, 15) is 14.4 Å². The highest BCUT2D eigenvalue weighted by Gasteiger charge is 2.26. The van der Waals surface area contributed by atoms with E-state index in [0.29, 0.717) is 30.9 Å². The second kappa shape index (κ2) is 9.12. The predicted octanol–water partition coefficient (Wildman–Crippen LogP) is 0.639. The van der Waals surface area contributed by atoms with Gasteiger partial charge in [0.1, 0.15) is 6.54 Å². The van der Waals surface area contributed by atoms with Gasteiger partial charge in [-0.1, -0.05) is 12.1 Å². The molecule has 2 rings (SSSR count). The van der Waals surface area contributed by atoms with Gasteiger partial charge in [0.25, 0.3) is 0 Å². The first kappa shape index (κ1) is 18.9. The van der Waals surface area contributed by atoms with E-state index in [4.69, 9.17) is 5.73 Å². The lowest BCUT2D eigenvalue weighted by Gasteiger charge is -2.29. The largest absolute Gasteiger partial charge is 0.356 e. The molecule has 7 nitrogen and oxygen atoms in total. The quantitative estimate of drug-likeness (QED) is 0.661. The number of amides is 3. The molecule has 0 aromatic heterocycles. The summed E-state index contributed by atoms with van der Waals surface area (Å²) < 4.78 is 0. The molecular weight excluding hydrogens is 320 g/mol. The minimum Gasteiger partial charge on any atom is -0.356 e. The third kappa shape index (κ3) is 5.22. The molecule has 1 aliphatic heterocycles. The fourth-order valence-electron chi connectivity index (χ4n) is 2.23. The highest BCUT2D eigenvalue weighted by molar-refractivity contribution is 6.10. The number of rotatable bonds is 6. The molecule has 23 heavy (non-hydrogen) atoms. The van der Waals surface area contributed by atoms with Crippen LogP contribution < -0.4 is 21.3 Å². The Balaban J connectivity index is 0.00000264. The molecule has 4 N–H and O–H groups in total. The zero-order valence-electron chi connectivity index (χ0n) is 12.7. The highest BCUT2D eigenvalue weighted by atomic mass is 35.5. The smallest absolute Gasteiger partial charge is 0.244 e. The Morgan fingerprint density at radius 1 is 1.26 bits per heavy atom. The number of nitrogens with zero attached hydrogens (tertiary/aromatic N) is 1. The molecule has 8 heteroatoms. The molecule has 0 saturated carbocycles. The Bertz CT molecular complexity index is 580. The average Bonchev–Trinajstić information content (AvgIpc) is 2.52. The van der Waals surface area contributed by atoms with Gasteiger partial charge in [-0.15, -0.1) is 12.4 Å². The first-order valence-electron chi connectivity index (χ1n) is 7.28. The van der Waals surface area contributed by atoms with Gasteiger partial charge in [-0.25, -0.2) is 0 Å². The van der Waals surface area contributed by atoms with Crippen LogP contribution in [0.2, 0.25) is 0 Å². The summed E-state index contributed by atoms with van der Waals surface area (Å²) in [5.74, 6) is -0.660. The molecule has 0 unspecified atom stereocenters. The summed E-state index contributed by atoms with van der Waals surface area (Å²) in [5.41, 5.74) is 6.62. The molecule has 126 valence electrons. The van der Waals surface area contributed by atoms with Crippen LogP contribution in [0.5, 0.6) is 0 Å². The van der Waals surface area contributed by atoms with E-state index in [0.717, 1.165) is 0 Å². The van der Waals surface area contributed by atoms with Gasteiger partial charge in [-0.2, -0.15) is 0 Å². The molecular formula is C15H21ClN4O3. The van der Waals surface area contributed by atoms with Gasteiger partial charge in [-0.05, 0) is 25.1 Å². The molecule has 0 atom stereocenters. The molecule has 1 heterocycles. The van der Waals surface area contributed by atoms with Crippen LogP contribution in [0.4, 0.5) is 11.4 Å². The van der Waals surface area contributed by atoms with Gasteiger partial charge in [0.05, 0.1) is 11.4 Å². The van der Waals surface area contributed by atoms with Crippen molar-refractivity contribution in [3.05, 3.63) is 24.3 Å². The average molecular weight is 341 g/mol. The minimum absolute atomic E-state index is 0. The number of carbonyl (C=O) groups is 3. The van der Waals surface area contributed by atoms with Gasteiger partial charge < -0.3 is 21.3 Å². The molecule has 0 fully saturated rings. The second-order valence-corrected chi connectivity index (χ2v) is 5.04. The first-order valence-corrected chi connectivity index (χ1v) is 7.28. The zero-order chi connectivity index (χ0) is 15.9. The molecule has 1 aromatic rings. The van der Waals surface area contributed by atoms with Crippen molar-refractivity contribution in [1.82, 2.24) is 5.32 Å². The molecule has 1 aromatic carbocycles. The van der Waals surface area contributed by atoms with Crippen LogP contribution in [0.25, 0.3) is 0 Å². The minimum atomic E-state index is -0.240. The van der Waals surface area contributed by atoms with Crippen LogP contribution in [0, 0.1) is 0 Å². The number of halogens is 1. The number of nitrogens with one attached hydrogen (secondary N) is 2. The Morgan fingerprint density at radius 2 is 2.00 bits per heavy atom. The van der Waals surface area contributed by atoms with Gasteiger partial charge >= 0.3 is 0 Å². The molecule has 3 amide bonds. The number of para-hydroxylation sites is 2. The topological polar surface area (TPSA) is 105 Å². The van der Waals surface area contributed by atoms with E-state index < -0.39 is 0 Å². The Hall–Kier alpha value is -2.12. The number of fused-ring (bicyclic) bond motifs is 1. The Labute approximate surface area is 141 Å². The number of hydrogen-bond acceptors (Lipinski definition) is 4. The van der Waals surface area contributed by atoms with Gasteiger partial charge in [0.2, 0.25) is 17.7 Å². The van der Waals surface area contributed by atoms with Crippen LogP contribution in [-0.4, -0.2) is 37.4 Å². The van der Waals surface area contributed by atoms with E-state index >= 15 is 0 Å². The van der Waals surface area contributed by atoms with E-state index in [1.165, 1.54) is 4.90 Å². The van der Waals surface area contributed by atoms with Crippen LogP contribution in [0.15, 0.2) is 24.3 Å². The lowest BCUT2D eigenvalue weighted by atomic mass is 10.1. The number of nitrogens with two attached hydrogens (primary N) is 1. The summed E-state index contributed by atoms with van der Waals surface area (Å²) in [4.78, 5) is 37.0. The Morgan fingerprint density at radius 3 is 2.74 bits per heavy atom. The summed E-state index contributed by atoms with van der Waals surface area (Å²) in [6.07, 6.45) is 0.874. The summed E-state index contributed by atoms with van der Waals surface area (Å²) in [6, 6.07) is 7.11. The van der Waals surface area contributed by atoms with Crippen molar-refractivity contribution in [2.75, 3.05) is 29.9 Å². The molecule has 0 saturated heterocycles. The van der Waals surface area contributed by atoms with Crippen molar-refractivity contribution in [3.8, 4) is 0 Å². The summed E-state index contributed by atoms with van der Waals surface area (Å²) in [7, 11) is 0. The normalized spacial score (nSPS) is 12.7. The standard InChI is InChI=1S/C15H20N4O3.ClH/c16-8-3-9-17-13(20)6-7-15(22)19-10-14(21)18-11-4-1-2-5-12(11)19;/h1-2,4-5H,3,6-10,16H2,(H,17,20)(H,18,21);1H. The maximum atomic E-state index is 12.3. The molecule has 0 bridgehead atoms. The van der Waals surface area contributed by atoms with Gasteiger partial charge in [0, 0.05) is 19.4 Å². The number of benzene rings is 1. The molecule has 0 spiro atoms. The van der Waals surface area contributed by atoms with Crippen molar-refractivity contribution in [2.45, 2.75) is 19.3 Å². The SMILES string of the molecule is Cl.NCCCNC(=O)CCC(=O)N1CC(=O)Nc2ccccc21. The number of carbonyl (C=O) groups excluding carboxylic acids is 3. The lowest BCUT2D eigenvalue weighted by Crippen LogP contribution is -2.42. The van der Waals surface area contributed by atoms with Crippen molar-refractivity contribution >= 4 is 41.5 Å². The maximum Gasteiger partial charge on any atom is 0.244 e. The third-order valence-electron chi connectivity index (χ3n) is 3.34. The zero-order valence-corrected chi connectivity index (χ0v) is 13.5. The summed E-state index contributed by atoms with van der Waals surface area (Å²) in [6.45, 7) is 1.00. The fourth-order valence-corrected chi connectivity index (χ4v) is 2.23. The predicted molar refractivity (Wildman–Crippen MR) is 90.6 cm³/mol. The van der Waals surface area contributed by atoms with Crippen molar-refractivity contribution in [3.63, 3.8) is 0 Å². The van der Waals surface area contributed by atoms with Crippen LogP contribution in [0.1, 0.15) is 19.3 Å². The monoisotopic (exact) mass is 340 g/mol. The number of hydrogen-bond donors (Lipinski definition) is 3. The van der Waals surface area contributed by atoms with Crippen LogP contribution in [-0.2, 0) is 14.4 Å². The molecule has 1 aliphatic rings. The first-order chi connectivity index (χ1) is 10.6. The lowest BCUT2D eigenvalue weighted by molar-refractivity contribution is -0.125. The number of anilines is 2. The van der Waals surface area contributed by atoms with Crippen LogP contribution >= 0.6 is 12.4 Å². The molecule has 0 aliphatic carbocycles. The van der Waals surface area contributed by atoms with Crippen molar-refractivity contribution < 1.29 is 14.4 Å². The third-order valence-corrected chi connectivity index (χ3v) is 3.34. The fraction of sp³-hybridized carbons (Fsp3) is 0.400. The van der Waals surface area contributed by atoms with E-state index in [2.05, 4.69) is 10.6 Å². The summed E-state index contributed by atoms with van der Waals surface area (Å²) >= 11 is 0. The molecule has 0 radical (unpaired) electrons. The summed E-state index contributed by atoms with van der Waals surface area (Å²) in [5, 5.41) is 5.42. The van der Waals surface area contributed by atoms with Gasteiger partial charge in [0.15, 0.2) is 0 Å². The van der Waals surface area contributed by atoms with Crippen molar-refractivity contribution in [1.29, 1.82) is 0 Å². The second-order valence-electron chi connectivity index (χ2n) is 5.04. The van der Waals surface area contributed by atoms with Crippen LogP contribution in [0.3, 0.4) is 0 Å².